The number of amides is 1. The van der Waals surface area contributed by atoms with Gasteiger partial charge in [-0.05, 0) is 12.1 Å². The minimum absolute atomic E-state index is 0.0381. The van der Waals surface area contributed by atoms with E-state index < -0.39 is 0 Å². The first kappa shape index (κ1) is 10.6. The number of hydrogen-bond donors (Lipinski definition) is 1. The van der Waals surface area contributed by atoms with Crippen LogP contribution in [0.4, 0.5) is 5.13 Å². The molecule has 82 valence electrons. The lowest BCUT2D eigenvalue weighted by Crippen LogP contribution is -2.20. The van der Waals surface area contributed by atoms with E-state index >= 15 is 0 Å². The van der Waals surface area contributed by atoms with Gasteiger partial charge in [-0.1, -0.05) is 29.5 Å². The molecular weight excluding hydrogens is 226 g/mol. The van der Waals surface area contributed by atoms with Gasteiger partial charge in [0.25, 0.3) is 5.91 Å². The Hall–Kier alpha value is -1.95. The summed E-state index contributed by atoms with van der Waals surface area (Å²) in [4.78, 5) is 11.4. The van der Waals surface area contributed by atoms with Gasteiger partial charge in [-0.25, -0.2) is 0 Å². The van der Waals surface area contributed by atoms with E-state index in [4.69, 9.17) is 4.74 Å². The molecule has 0 aliphatic carbocycles. The summed E-state index contributed by atoms with van der Waals surface area (Å²) in [6.07, 6.45) is 0. The van der Waals surface area contributed by atoms with Gasteiger partial charge in [0.15, 0.2) is 6.61 Å². The molecule has 6 heteroatoms. The van der Waals surface area contributed by atoms with Crippen LogP contribution in [0.2, 0.25) is 0 Å². The van der Waals surface area contributed by atoms with Crippen LogP contribution in [0.3, 0.4) is 0 Å². The summed E-state index contributed by atoms with van der Waals surface area (Å²) in [5.41, 5.74) is 1.55. The first-order chi connectivity index (χ1) is 7.84. The molecule has 0 aliphatic heterocycles. The predicted molar refractivity (Wildman–Crippen MR) is 60.5 cm³/mol. The number of aromatic nitrogens is 2. The van der Waals surface area contributed by atoms with Crippen molar-refractivity contribution in [1.29, 1.82) is 0 Å². The van der Waals surface area contributed by atoms with Gasteiger partial charge in [-0.2, -0.15) is 0 Å². The van der Waals surface area contributed by atoms with Crippen LogP contribution >= 0.6 is 11.3 Å². The van der Waals surface area contributed by atoms with Gasteiger partial charge in [0.05, 0.1) is 0 Å². The molecule has 0 spiro atoms. The Morgan fingerprint density at radius 1 is 1.38 bits per heavy atom. The molecule has 16 heavy (non-hydrogen) atoms. The number of rotatable bonds is 4. The standard InChI is InChI=1S/C10H9N3O2S/c14-9(12-10-13-11-7-16-10)6-15-8-4-2-1-3-5-8/h1-5,7H,6H2,(H,12,13,14). The first-order valence-electron chi connectivity index (χ1n) is 4.58. The number of para-hydroxylation sites is 1. The highest BCUT2D eigenvalue weighted by atomic mass is 32.1. The fraction of sp³-hybridized carbons (Fsp3) is 0.100. The van der Waals surface area contributed by atoms with Gasteiger partial charge in [-0.15, -0.1) is 10.2 Å². The smallest absolute Gasteiger partial charge is 0.264 e. The normalized spacial score (nSPS) is 9.75. The molecule has 0 aliphatic rings. The SMILES string of the molecule is O=C(COc1ccccc1)Nc1nncs1. The molecule has 0 atom stereocenters. The van der Waals surface area contributed by atoms with E-state index in [-0.39, 0.29) is 12.5 Å². The molecule has 0 saturated carbocycles. The highest BCUT2D eigenvalue weighted by Crippen LogP contribution is 2.09. The molecule has 1 aromatic heterocycles. The molecule has 2 rings (SSSR count). The Kier molecular flexibility index (Phi) is 3.45. The third-order valence-electron chi connectivity index (χ3n) is 1.72. The number of hydrogen-bond acceptors (Lipinski definition) is 5. The second-order valence-corrected chi connectivity index (χ2v) is 3.73. The molecule has 0 saturated heterocycles. The quantitative estimate of drug-likeness (QED) is 0.873. The van der Waals surface area contributed by atoms with E-state index in [0.717, 1.165) is 0 Å². The molecule has 2 aromatic rings. The number of nitrogens with one attached hydrogen (secondary N) is 1. The van der Waals surface area contributed by atoms with Crippen molar-refractivity contribution >= 4 is 22.4 Å². The highest BCUT2D eigenvalue weighted by molar-refractivity contribution is 7.13. The fourth-order valence-corrected chi connectivity index (χ4v) is 1.51. The molecular formula is C10H9N3O2S. The van der Waals surface area contributed by atoms with Crippen molar-refractivity contribution in [2.24, 2.45) is 0 Å². The molecule has 0 unspecified atom stereocenters. The minimum Gasteiger partial charge on any atom is -0.484 e. The van der Waals surface area contributed by atoms with Crippen LogP contribution in [0, 0.1) is 0 Å². The molecule has 0 radical (unpaired) electrons. The van der Waals surface area contributed by atoms with Crippen LogP contribution in [-0.4, -0.2) is 22.7 Å². The lowest BCUT2D eigenvalue weighted by atomic mass is 10.3. The summed E-state index contributed by atoms with van der Waals surface area (Å²) < 4.78 is 5.26. The summed E-state index contributed by atoms with van der Waals surface area (Å²) in [5.74, 6) is 0.413. The van der Waals surface area contributed by atoms with Gasteiger partial charge in [0, 0.05) is 0 Å². The van der Waals surface area contributed by atoms with Crippen LogP contribution < -0.4 is 10.1 Å². The van der Waals surface area contributed by atoms with Gasteiger partial charge < -0.3 is 4.74 Å². The van der Waals surface area contributed by atoms with Gasteiger partial charge >= 0.3 is 0 Å². The zero-order valence-electron chi connectivity index (χ0n) is 8.29. The molecule has 0 fully saturated rings. The largest absolute Gasteiger partial charge is 0.484 e. The average molecular weight is 235 g/mol. The van der Waals surface area contributed by atoms with Crippen molar-refractivity contribution in [2.75, 3.05) is 11.9 Å². The van der Waals surface area contributed by atoms with E-state index in [2.05, 4.69) is 15.5 Å². The molecule has 1 aromatic carbocycles. The summed E-state index contributed by atoms with van der Waals surface area (Å²) in [6, 6.07) is 9.15. The maximum atomic E-state index is 11.4. The number of carbonyl (C=O) groups is 1. The van der Waals surface area contributed by atoms with Crippen LogP contribution in [-0.2, 0) is 4.79 Å². The number of nitrogens with zero attached hydrogens (tertiary/aromatic N) is 2. The molecule has 1 N–H and O–H groups in total. The summed E-state index contributed by atoms with van der Waals surface area (Å²) in [5, 5.41) is 10.3. The second kappa shape index (κ2) is 5.22. The lowest BCUT2D eigenvalue weighted by molar-refractivity contribution is -0.118. The van der Waals surface area contributed by atoms with Crippen molar-refractivity contribution < 1.29 is 9.53 Å². The van der Waals surface area contributed by atoms with E-state index in [1.165, 1.54) is 11.3 Å². The van der Waals surface area contributed by atoms with Crippen LogP contribution in [0.1, 0.15) is 0 Å². The third-order valence-corrected chi connectivity index (χ3v) is 2.33. The lowest BCUT2D eigenvalue weighted by Gasteiger charge is -2.04. The number of benzene rings is 1. The predicted octanol–water partition coefficient (Wildman–Crippen LogP) is 1.56. The van der Waals surface area contributed by atoms with Crippen molar-refractivity contribution in [3.63, 3.8) is 0 Å². The Labute approximate surface area is 96.1 Å². The zero-order valence-corrected chi connectivity index (χ0v) is 9.11. The molecule has 5 nitrogen and oxygen atoms in total. The highest BCUT2D eigenvalue weighted by Gasteiger charge is 2.05. The Balaban J connectivity index is 1.80. The summed E-state index contributed by atoms with van der Waals surface area (Å²) in [6.45, 7) is -0.0381. The van der Waals surface area contributed by atoms with E-state index in [1.807, 2.05) is 18.2 Å². The third kappa shape index (κ3) is 3.03. The number of anilines is 1. The van der Waals surface area contributed by atoms with Gasteiger partial charge in [0.2, 0.25) is 5.13 Å². The van der Waals surface area contributed by atoms with E-state index in [1.54, 1.807) is 17.6 Å². The van der Waals surface area contributed by atoms with E-state index in [9.17, 15) is 4.79 Å². The Morgan fingerprint density at radius 2 is 2.19 bits per heavy atom. The maximum absolute atomic E-state index is 11.4. The van der Waals surface area contributed by atoms with E-state index in [0.29, 0.717) is 10.9 Å². The zero-order chi connectivity index (χ0) is 11.2. The monoisotopic (exact) mass is 235 g/mol. The van der Waals surface area contributed by atoms with Crippen molar-refractivity contribution in [3.05, 3.63) is 35.8 Å². The van der Waals surface area contributed by atoms with Gasteiger partial charge in [-0.3, -0.25) is 10.1 Å². The maximum Gasteiger partial charge on any atom is 0.264 e. The second-order valence-electron chi connectivity index (χ2n) is 2.89. The molecule has 0 bridgehead atoms. The first-order valence-corrected chi connectivity index (χ1v) is 5.46. The van der Waals surface area contributed by atoms with Crippen molar-refractivity contribution in [1.82, 2.24) is 10.2 Å². The Morgan fingerprint density at radius 3 is 2.88 bits per heavy atom. The number of ether oxygens (including phenoxy) is 1. The summed E-state index contributed by atoms with van der Waals surface area (Å²) in [7, 11) is 0. The van der Waals surface area contributed by atoms with Crippen molar-refractivity contribution in [2.45, 2.75) is 0 Å². The topological polar surface area (TPSA) is 64.1 Å². The van der Waals surface area contributed by atoms with Crippen molar-refractivity contribution in [3.8, 4) is 5.75 Å². The van der Waals surface area contributed by atoms with Crippen LogP contribution in [0.25, 0.3) is 0 Å². The average Bonchev–Trinajstić information content (AvgIpc) is 2.81. The summed E-state index contributed by atoms with van der Waals surface area (Å²) >= 11 is 1.26. The van der Waals surface area contributed by atoms with Crippen LogP contribution in [0.15, 0.2) is 35.8 Å². The van der Waals surface area contributed by atoms with Crippen LogP contribution in [0.5, 0.6) is 5.75 Å². The number of carbonyl (C=O) groups excluding carboxylic acids is 1. The van der Waals surface area contributed by atoms with Gasteiger partial charge in [0.1, 0.15) is 11.3 Å². The minimum atomic E-state index is -0.249. The molecule has 1 heterocycles. The fourth-order valence-electron chi connectivity index (χ4n) is 1.05. The molecule has 1 amide bonds. The Bertz CT molecular complexity index is 444.